The summed E-state index contributed by atoms with van der Waals surface area (Å²) in [6, 6.07) is 12.5. The number of hydrazone groups is 1. The second kappa shape index (κ2) is 9.23. The van der Waals surface area contributed by atoms with Crippen molar-refractivity contribution in [2.75, 3.05) is 25.6 Å². The number of carbonyl (C=O) groups is 2. The molecular weight excluding hydrogens is 370 g/mol. The average Bonchev–Trinajstić information content (AvgIpc) is 2.73. The van der Waals surface area contributed by atoms with Gasteiger partial charge in [-0.15, -0.1) is 0 Å². The molecule has 7 heteroatoms. The number of amides is 2. The highest BCUT2D eigenvalue weighted by Crippen LogP contribution is 2.29. The van der Waals surface area contributed by atoms with Gasteiger partial charge >= 0.3 is 0 Å². The largest absolute Gasteiger partial charge is 0.493 e. The fourth-order valence-electron chi connectivity index (χ4n) is 3.16. The molecule has 0 bridgehead atoms. The van der Waals surface area contributed by atoms with Gasteiger partial charge in [-0.05, 0) is 62.2 Å². The number of hydrogen-bond donors (Lipinski definition) is 1. The van der Waals surface area contributed by atoms with Crippen LogP contribution in [0.25, 0.3) is 0 Å². The van der Waals surface area contributed by atoms with Crippen LogP contribution in [0.15, 0.2) is 47.6 Å². The lowest BCUT2D eigenvalue weighted by Gasteiger charge is -2.24. The molecule has 2 aromatic carbocycles. The SMILES string of the molecule is CCOc1cc(C2=NN(C(=O)c3ccc(NC(C)=O)cc3)CCC2)ccc1OC. The van der Waals surface area contributed by atoms with E-state index in [1.807, 2.05) is 25.1 Å². The molecule has 0 unspecified atom stereocenters. The van der Waals surface area contributed by atoms with Gasteiger partial charge in [0.2, 0.25) is 5.91 Å². The van der Waals surface area contributed by atoms with Crippen molar-refractivity contribution in [1.29, 1.82) is 0 Å². The van der Waals surface area contributed by atoms with Crippen molar-refractivity contribution < 1.29 is 19.1 Å². The van der Waals surface area contributed by atoms with Gasteiger partial charge in [-0.3, -0.25) is 9.59 Å². The first kappa shape index (κ1) is 20.4. The Labute approximate surface area is 170 Å². The average molecular weight is 395 g/mol. The van der Waals surface area contributed by atoms with E-state index in [2.05, 4.69) is 10.4 Å². The van der Waals surface area contributed by atoms with Crippen molar-refractivity contribution in [3.8, 4) is 11.5 Å². The summed E-state index contributed by atoms with van der Waals surface area (Å²) < 4.78 is 11.0. The zero-order valence-electron chi connectivity index (χ0n) is 16.9. The number of anilines is 1. The molecule has 0 aliphatic carbocycles. The highest BCUT2D eigenvalue weighted by atomic mass is 16.5. The summed E-state index contributed by atoms with van der Waals surface area (Å²) in [6.07, 6.45) is 1.60. The lowest BCUT2D eigenvalue weighted by Crippen LogP contribution is -2.32. The smallest absolute Gasteiger partial charge is 0.273 e. The molecule has 29 heavy (non-hydrogen) atoms. The van der Waals surface area contributed by atoms with E-state index >= 15 is 0 Å². The molecule has 2 amide bonds. The predicted octanol–water partition coefficient (Wildman–Crippen LogP) is 3.69. The van der Waals surface area contributed by atoms with Gasteiger partial charge in [0.1, 0.15) is 0 Å². The van der Waals surface area contributed by atoms with Gasteiger partial charge < -0.3 is 14.8 Å². The van der Waals surface area contributed by atoms with Crippen molar-refractivity contribution in [2.24, 2.45) is 5.10 Å². The third-order valence-electron chi connectivity index (χ3n) is 4.51. The molecule has 0 saturated heterocycles. The maximum absolute atomic E-state index is 12.9. The van der Waals surface area contributed by atoms with Crippen LogP contribution in [-0.2, 0) is 4.79 Å². The van der Waals surface area contributed by atoms with Crippen LogP contribution in [0.3, 0.4) is 0 Å². The number of methoxy groups -OCH3 is 1. The summed E-state index contributed by atoms with van der Waals surface area (Å²) in [5, 5.41) is 8.78. The van der Waals surface area contributed by atoms with E-state index in [1.165, 1.54) is 11.9 Å². The quantitative estimate of drug-likeness (QED) is 0.809. The number of ether oxygens (including phenoxy) is 2. The molecule has 1 heterocycles. The van der Waals surface area contributed by atoms with Crippen molar-refractivity contribution >= 4 is 23.2 Å². The Kier molecular flexibility index (Phi) is 6.49. The molecule has 0 aromatic heterocycles. The summed E-state index contributed by atoms with van der Waals surface area (Å²) >= 11 is 0. The number of carbonyl (C=O) groups excluding carboxylic acids is 2. The molecule has 3 rings (SSSR count). The monoisotopic (exact) mass is 395 g/mol. The Bertz CT molecular complexity index is 922. The van der Waals surface area contributed by atoms with Gasteiger partial charge in [-0.25, -0.2) is 5.01 Å². The second-order valence-corrected chi connectivity index (χ2v) is 6.64. The van der Waals surface area contributed by atoms with Crippen molar-refractivity contribution in [3.63, 3.8) is 0 Å². The lowest BCUT2D eigenvalue weighted by atomic mass is 10.0. The van der Waals surface area contributed by atoms with E-state index < -0.39 is 0 Å². The Morgan fingerprint density at radius 3 is 2.55 bits per heavy atom. The van der Waals surface area contributed by atoms with Crippen LogP contribution in [0, 0.1) is 0 Å². The van der Waals surface area contributed by atoms with Crippen LogP contribution in [0.1, 0.15) is 42.6 Å². The zero-order valence-corrected chi connectivity index (χ0v) is 16.9. The number of hydrogen-bond acceptors (Lipinski definition) is 5. The normalized spacial score (nSPS) is 13.5. The minimum atomic E-state index is -0.171. The van der Waals surface area contributed by atoms with Crippen molar-refractivity contribution in [1.82, 2.24) is 5.01 Å². The molecule has 0 fully saturated rings. The minimum Gasteiger partial charge on any atom is -0.493 e. The summed E-state index contributed by atoms with van der Waals surface area (Å²) in [7, 11) is 1.60. The molecule has 0 saturated carbocycles. The maximum atomic E-state index is 12.9. The first-order chi connectivity index (χ1) is 14.0. The van der Waals surface area contributed by atoms with Crippen LogP contribution in [-0.4, -0.2) is 42.8 Å². The van der Waals surface area contributed by atoms with Gasteiger partial charge in [0.25, 0.3) is 5.91 Å². The second-order valence-electron chi connectivity index (χ2n) is 6.64. The van der Waals surface area contributed by atoms with Gasteiger partial charge in [-0.1, -0.05) is 0 Å². The van der Waals surface area contributed by atoms with Crippen LogP contribution >= 0.6 is 0 Å². The van der Waals surface area contributed by atoms with Crippen molar-refractivity contribution in [3.05, 3.63) is 53.6 Å². The van der Waals surface area contributed by atoms with E-state index in [1.54, 1.807) is 31.4 Å². The van der Waals surface area contributed by atoms with E-state index in [0.717, 1.165) is 24.1 Å². The maximum Gasteiger partial charge on any atom is 0.273 e. The van der Waals surface area contributed by atoms with E-state index in [-0.39, 0.29) is 11.8 Å². The Morgan fingerprint density at radius 1 is 1.14 bits per heavy atom. The summed E-state index contributed by atoms with van der Waals surface area (Å²) in [5.41, 5.74) is 2.92. The molecule has 1 aliphatic rings. The number of nitrogens with zero attached hydrogens (tertiary/aromatic N) is 2. The van der Waals surface area contributed by atoms with Gasteiger partial charge in [0.05, 0.1) is 19.4 Å². The number of rotatable bonds is 6. The van der Waals surface area contributed by atoms with Gasteiger partial charge in [0, 0.05) is 30.3 Å². The summed E-state index contributed by atoms with van der Waals surface area (Å²) in [6.45, 7) is 4.46. The number of nitrogens with one attached hydrogen (secondary N) is 1. The van der Waals surface area contributed by atoms with E-state index in [9.17, 15) is 9.59 Å². The van der Waals surface area contributed by atoms with Gasteiger partial charge in [-0.2, -0.15) is 5.10 Å². The number of benzene rings is 2. The first-order valence-corrected chi connectivity index (χ1v) is 9.60. The molecular formula is C22H25N3O4. The molecule has 0 radical (unpaired) electrons. The highest BCUT2D eigenvalue weighted by Gasteiger charge is 2.21. The summed E-state index contributed by atoms with van der Waals surface area (Å²) in [5.74, 6) is 1.00. The Balaban J connectivity index is 1.81. The fraction of sp³-hybridized carbons (Fsp3) is 0.318. The molecule has 1 N–H and O–H groups in total. The highest BCUT2D eigenvalue weighted by molar-refractivity contribution is 6.03. The molecule has 0 spiro atoms. The molecule has 0 atom stereocenters. The van der Waals surface area contributed by atoms with E-state index in [4.69, 9.17) is 9.47 Å². The molecule has 1 aliphatic heterocycles. The summed E-state index contributed by atoms with van der Waals surface area (Å²) in [4.78, 5) is 24.0. The van der Waals surface area contributed by atoms with Crippen LogP contribution in [0.5, 0.6) is 11.5 Å². The molecule has 7 nitrogen and oxygen atoms in total. The zero-order chi connectivity index (χ0) is 20.8. The molecule has 152 valence electrons. The lowest BCUT2D eigenvalue weighted by molar-refractivity contribution is -0.114. The van der Waals surface area contributed by atoms with Crippen LogP contribution < -0.4 is 14.8 Å². The topological polar surface area (TPSA) is 80.2 Å². The van der Waals surface area contributed by atoms with Crippen molar-refractivity contribution in [2.45, 2.75) is 26.7 Å². The third-order valence-corrected chi connectivity index (χ3v) is 4.51. The third kappa shape index (κ3) is 4.93. The fourth-order valence-corrected chi connectivity index (χ4v) is 3.16. The predicted molar refractivity (Wildman–Crippen MR) is 112 cm³/mol. The first-order valence-electron chi connectivity index (χ1n) is 9.60. The molecule has 2 aromatic rings. The Morgan fingerprint density at radius 2 is 1.90 bits per heavy atom. The van der Waals surface area contributed by atoms with Crippen LogP contribution in [0.2, 0.25) is 0 Å². The standard InChI is InChI=1S/C22H25N3O4/c1-4-29-21-14-17(9-12-20(21)28-3)19-6-5-13-25(24-19)22(27)16-7-10-18(11-8-16)23-15(2)26/h7-12,14H,4-6,13H2,1-3H3,(H,23,26). The van der Waals surface area contributed by atoms with E-state index in [0.29, 0.717) is 35.9 Å². The Hall–Kier alpha value is -3.35. The van der Waals surface area contributed by atoms with Crippen LogP contribution in [0.4, 0.5) is 5.69 Å². The minimum absolute atomic E-state index is 0.153. The van der Waals surface area contributed by atoms with Gasteiger partial charge in [0.15, 0.2) is 11.5 Å².